The molecule has 1 amide bonds. The number of aromatic nitrogens is 2. The van der Waals surface area contributed by atoms with Crippen LogP contribution in [0.1, 0.15) is 26.0 Å². The monoisotopic (exact) mass is 511 g/mol. The molecule has 1 fully saturated rings. The Bertz CT molecular complexity index is 1030. The maximum atomic E-state index is 13.4. The molecule has 2 aliphatic rings. The fourth-order valence-corrected chi connectivity index (χ4v) is 4.49. The highest BCUT2D eigenvalue weighted by Gasteiger charge is 2.54. The fraction of sp³-hybridized carbons (Fsp3) is 0.526. The van der Waals surface area contributed by atoms with Crippen LogP contribution >= 0.6 is 11.8 Å². The number of thioether (sulfide) groups is 1. The van der Waals surface area contributed by atoms with E-state index < -0.39 is 60.7 Å². The van der Waals surface area contributed by atoms with Gasteiger partial charge in [0.25, 0.3) is 0 Å². The molecule has 15 heteroatoms. The minimum Gasteiger partial charge on any atom is -0.443 e. The highest BCUT2D eigenvalue weighted by atomic mass is 32.2. The van der Waals surface area contributed by atoms with Gasteiger partial charge in [-0.3, -0.25) is 4.90 Å². The van der Waals surface area contributed by atoms with Gasteiger partial charge in [0.1, 0.15) is 6.10 Å². The average molecular weight is 511 g/mol. The average Bonchev–Trinajstić information content (AvgIpc) is 3.01. The molecule has 1 aromatic heterocycles. The molecule has 2 heterocycles. The zero-order valence-electron chi connectivity index (χ0n) is 18.1. The minimum absolute atomic E-state index is 0.0509. The molecule has 3 rings (SSSR count). The summed E-state index contributed by atoms with van der Waals surface area (Å²) in [6, 6.07) is -0.966. The Morgan fingerprint density at radius 1 is 1.26 bits per heavy atom. The summed E-state index contributed by atoms with van der Waals surface area (Å²) in [5.74, 6) is 0. The molecule has 1 aromatic rings. The van der Waals surface area contributed by atoms with Crippen molar-refractivity contribution in [2.75, 3.05) is 6.26 Å². The molecule has 1 unspecified atom stereocenters. The summed E-state index contributed by atoms with van der Waals surface area (Å²) >= 11 is 1.14. The van der Waals surface area contributed by atoms with Crippen molar-refractivity contribution in [3.63, 3.8) is 0 Å². The lowest BCUT2D eigenvalue weighted by molar-refractivity contribution is -0.105. The van der Waals surface area contributed by atoms with Crippen LogP contribution in [0.2, 0.25) is 0 Å². The molecule has 0 bridgehead atoms. The molecule has 0 aromatic carbocycles. The van der Waals surface area contributed by atoms with Gasteiger partial charge in [0.05, 0.1) is 23.9 Å². The smallest absolute Gasteiger partial charge is 0.443 e. The van der Waals surface area contributed by atoms with E-state index in [1.165, 1.54) is 13.8 Å². The van der Waals surface area contributed by atoms with Crippen LogP contribution in [-0.4, -0.2) is 68.9 Å². The van der Waals surface area contributed by atoms with E-state index in [-0.39, 0.29) is 28.9 Å². The highest BCUT2D eigenvalue weighted by molar-refractivity contribution is 7.98. The van der Waals surface area contributed by atoms with Gasteiger partial charge in [0.15, 0.2) is 5.16 Å². The number of ether oxygens (including phenoxy) is 1. The number of alkyl halides is 6. The molecule has 1 aliphatic heterocycles. The second kappa shape index (κ2) is 9.08. The van der Waals surface area contributed by atoms with Crippen molar-refractivity contribution >= 4 is 30.4 Å². The maximum absolute atomic E-state index is 13.4. The minimum atomic E-state index is -5.04. The molecular weight excluding hydrogens is 491 g/mol. The molecule has 1 aliphatic carbocycles. The normalized spacial score (nSPS) is 25.7. The van der Waals surface area contributed by atoms with Crippen LogP contribution in [0, 0.1) is 5.41 Å². The molecule has 1 saturated heterocycles. The van der Waals surface area contributed by atoms with E-state index in [0.717, 1.165) is 22.9 Å². The predicted octanol–water partition coefficient (Wildman–Crippen LogP) is 2.98. The number of carbonyl (C=O) groups excluding carboxylic acids is 1. The SMILES string of the molecule is CSc1ncc(B(O)O)c(CN2C(=O)O[C@H](C3(C)C=C(C(F)(F)F)C=C(C(F)(F)F)C3)[C@@H]2C)n1. The summed E-state index contributed by atoms with van der Waals surface area (Å²) in [5, 5.41) is 19.4. The highest BCUT2D eigenvalue weighted by Crippen LogP contribution is 2.49. The van der Waals surface area contributed by atoms with Crippen molar-refractivity contribution < 1.29 is 45.9 Å². The van der Waals surface area contributed by atoms with Crippen molar-refractivity contribution in [1.29, 1.82) is 0 Å². The molecular formula is C19H20BF6N3O4S. The van der Waals surface area contributed by atoms with Crippen LogP contribution in [0.5, 0.6) is 0 Å². The zero-order valence-corrected chi connectivity index (χ0v) is 18.9. The van der Waals surface area contributed by atoms with E-state index in [2.05, 4.69) is 9.97 Å². The molecule has 186 valence electrons. The Balaban J connectivity index is 1.96. The number of hydrogen-bond donors (Lipinski definition) is 2. The van der Waals surface area contributed by atoms with Gasteiger partial charge in [-0.05, 0) is 25.7 Å². The Hall–Kier alpha value is -2.26. The molecule has 7 nitrogen and oxygen atoms in total. The first-order valence-electron chi connectivity index (χ1n) is 9.88. The van der Waals surface area contributed by atoms with Gasteiger partial charge in [-0.1, -0.05) is 24.8 Å². The van der Waals surface area contributed by atoms with Crippen molar-refractivity contribution in [2.24, 2.45) is 5.41 Å². The maximum Gasteiger partial charge on any atom is 0.491 e. The number of nitrogens with zero attached hydrogens (tertiary/aromatic N) is 3. The quantitative estimate of drug-likeness (QED) is 0.272. The molecule has 0 radical (unpaired) electrons. The van der Waals surface area contributed by atoms with Gasteiger partial charge in [0.2, 0.25) is 0 Å². The summed E-state index contributed by atoms with van der Waals surface area (Å²) < 4.78 is 85.7. The molecule has 3 atom stereocenters. The van der Waals surface area contributed by atoms with Crippen molar-refractivity contribution in [1.82, 2.24) is 14.9 Å². The first-order valence-corrected chi connectivity index (χ1v) is 11.1. The molecule has 0 saturated carbocycles. The Kier molecular flexibility index (Phi) is 7.03. The number of carbonyl (C=O) groups is 1. The largest absolute Gasteiger partial charge is 0.491 e. The van der Waals surface area contributed by atoms with Crippen LogP contribution in [0.3, 0.4) is 0 Å². The number of amides is 1. The van der Waals surface area contributed by atoms with Crippen LogP contribution in [0.25, 0.3) is 0 Å². The lowest BCUT2D eigenvalue weighted by Gasteiger charge is -2.38. The Labute approximate surface area is 195 Å². The summed E-state index contributed by atoms with van der Waals surface area (Å²) in [5.41, 5.74) is -4.72. The molecule has 0 spiro atoms. The third kappa shape index (κ3) is 5.20. The van der Waals surface area contributed by atoms with Crippen molar-refractivity contribution in [3.8, 4) is 0 Å². The second-order valence-corrected chi connectivity index (χ2v) is 9.03. The standard InChI is InChI=1S/C19H20BF6N3O4S/c1-9-14(17(2)5-10(18(21,22)23)4-11(6-17)19(24,25)26)33-16(30)29(9)8-13-12(20(31)32)7-27-15(28-13)34-3/h4-5,7,9,14,31-32H,6,8H2,1-3H3/t9-,14-,17?/m0/s1. The number of cyclic esters (lactones) is 1. The van der Waals surface area contributed by atoms with Gasteiger partial charge in [-0.2, -0.15) is 26.3 Å². The summed E-state index contributed by atoms with van der Waals surface area (Å²) in [6.07, 6.45) is -9.64. The number of rotatable bonds is 5. The second-order valence-electron chi connectivity index (χ2n) is 8.25. The molecule has 34 heavy (non-hydrogen) atoms. The number of halogens is 6. The Morgan fingerprint density at radius 3 is 2.44 bits per heavy atom. The predicted molar refractivity (Wildman–Crippen MR) is 110 cm³/mol. The van der Waals surface area contributed by atoms with E-state index in [1.54, 1.807) is 6.26 Å². The van der Waals surface area contributed by atoms with Crippen molar-refractivity contribution in [3.05, 3.63) is 35.2 Å². The number of allylic oxidation sites excluding steroid dienone is 3. The van der Waals surface area contributed by atoms with Gasteiger partial charge < -0.3 is 14.8 Å². The first-order chi connectivity index (χ1) is 15.6. The van der Waals surface area contributed by atoms with Crippen LogP contribution in [0.15, 0.2) is 34.7 Å². The van der Waals surface area contributed by atoms with Gasteiger partial charge >= 0.3 is 25.6 Å². The zero-order chi connectivity index (χ0) is 25.6. The lowest BCUT2D eigenvalue weighted by Crippen LogP contribution is -2.45. The van der Waals surface area contributed by atoms with E-state index >= 15 is 0 Å². The van der Waals surface area contributed by atoms with E-state index in [4.69, 9.17) is 4.74 Å². The van der Waals surface area contributed by atoms with Gasteiger partial charge in [-0.25, -0.2) is 14.8 Å². The van der Waals surface area contributed by atoms with Gasteiger partial charge in [0, 0.05) is 22.6 Å². The van der Waals surface area contributed by atoms with Crippen LogP contribution in [-0.2, 0) is 11.3 Å². The van der Waals surface area contributed by atoms with E-state index in [1.807, 2.05) is 0 Å². The van der Waals surface area contributed by atoms with Crippen molar-refractivity contribution in [2.45, 2.75) is 56.5 Å². The summed E-state index contributed by atoms with van der Waals surface area (Å²) in [7, 11) is -1.97. The summed E-state index contributed by atoms with van der Waals surface area (Å²) in [6.45, 7) is 2.28. The van der Waals surface area contributed by atoms with E-state index in [0.29, 0.717) is 6.08 Å². The lowest BCUT2D eigenvalue weighted by atomic mass is 9.71. The van der Waals surface area contributed by atoms with Crippen LogP contribution < -0.4 is 5.46 Å². The van der Waals surface area contributed by atoms with Crippen LogP contribution in [0.4, 0.5) is 31.1 Å². The third-order valence-corrected chi connectivity index (χ3v) is 6.34. The molecule has 2 N–H and O–H groups in total. The Morgan fingerprint density at radius 2 is 1.91 bits per heavy atom. The first kappa shape index (κ1) is 26.4. The number of hydrogen-bond acceptors (Lipinski definition) is 7. The third-order valence-electron chi connectivity index (χ3n) is 5.78. The topological polar surface area (TPSA) is 95.8 Å². The fourth-order valence-electron chi connectivity index (χ4n) is 4.13. The summed E-state index contributed by atoms with van der Waals surface area (Å²) in [4.78, 5) is 21.8. The van der Waals surface area contributed by atoms with E-state index in [9.17, 15) is 41.2 Å². The van der Waals surface area contributed by atoms with Gasteiger partial charge in [-0.15, -0.1) is 0 Å².